The summed E-state index contributed by atoms with van der Waals surface area (Å²) >= 11 is 0. The Morgan fingerprint density at radius 1 is 1.33 bits per heavy atom. The van der Waals surface area contributed by atoms with Gasteiger partial charge in [0.05, 0.1) is 6.10 Å². The maximum Gasteiger partial charge on any atom is 0.228 e. The molecular weight excluding hydrogens is 342 g/mol. The topological polar surface area (TPSA) is 84.6 Å². The highest BCUT2D eigenvalue weighted by Crippen LogP contribution is 2.53. The number of aliphatic imine (C=N–C) groups is 1. The Kier molecular flexibility index (Phi) is 6.73. The normalized spacial score (nSPS) is 24.9. The van der Waals surface area contributed by atoms with E-state index in [1.54, 1.807) is 0 Å². The largest absolute Gasteiger partial charge is 0.378 e. The lowest BCUT2D eigenvalue weighted by molar-refractivity contribution is -0.145. The van der Waals surface area contributed by atoms with E-state index in [-0.39, 0.29) is 11.3 Å². The van der Waals surface area contributed by atoms with Crippen molar-refractivity contribution in [3.8, 4) is 0 Å². The van der Waals surface area contributed by atoms with Gasteiger partial charge in [-0.15, -0.1) is 0 Å². The quantitative estimate of drug-likeness (QED) is 0.561. The van der Waals surface area contributed by atoms with Crippen LogP contribution in [-0.2, 0) is 11.2 Å². The molecule has 2 aliphatic carbocycles. The molecule has 2 unspecified atom stereocenters. The van der Waals surface area contributed by atoms with Gasteiger partial charge in [-0.3, -0.25) is 4.99 Å². The molecule has 27 heavy (non-hydrogen) atoms. The van der Waals surface area contributed by atoms with Crippen molar-refractivity contribution in [2.75, 3.05) is 20.2 Å². The van der Waals surface area contributed by atoms with Gasteiger partial charge in [0.1, 0.15) is 0 Å². The molecule has 1 spiro atoms. The summed E-state index contributed by atoms with van der Waals surface area (Å²) in [7, 11) is 1.82. The Labute approximate surface area is 162 Å². The Balaban J connectivity index is 1.50. The van der Waals surface area contributed by atoms with E-state index in [9.17, 15) is 0 Å². The average molecular weight is 378 g/mol. The van der Waals surface area contributed by atoms with E-state index in [1.807, 2.05) is 7.05 Å². The number of nitrogens with zero attached hydrogens (tertiary/aromatic N) is 3. The molecule has 2 N–H and O–H groups in total. The number of nitrogens with one attached hydrogen (secondary N) is 2. The van der Waals surface area contributed by atoms with Crippen LogP contribution in [0.15, 0.2) is 9.52 Å². The molecule has 0 radical (unpaired) electrons. The highest BCUT2D eigenvalue weighted by molar-refractivity contribution is 5.80. The summed E-state index contributed by atoms with van der Waals surface area (Å²) in [5.74, 6) is 2.57. The summed E-state index contributed by atoms with van der Waals surface area (Å²) in [6.07, 6.45) is 8.63. The lowest BCUT2D eigenvalue weighted by atomic mass is 9.55. The van der Waals surface area contributed by atoms with Crippen molar-refractivity contribution in [3.63, 3.8) is 0 Å². The molecule has 7 heteroatoms. The lowest BCUT2D eigenvalue weighted by Crippen LogP contribution is -2.66. The number of hydrogen-bond acceptors (Lipinski definition) is 5. The molecule has 0 aliphatic heterocycles. The van der Waals surface area contributed by atoms with Gasteiger partial charge in [-0.1, -0.05) is 38.3 Å². The molecule has 2 aliphatic rings. The van der Waals surface area contributed by atoms with Crippen molar-refractivity contribution in [1.82, 2.24) is 20.8 Å². The predicted octanol–water partition coefficient (Wildman–Crippen LogP) is 3.03. The van der Waals surface area contributed by atoms with E-state index in [0.717, 1.165) is 24.8 Å². The summed E-state index contributed by atoms with van der Waals surface area (Å²) < 4.78 is 11.4. The van der Waals surface area contributed by atoms with Crippen molar-refractivity contribution < 1.29 is 9.26 Å². The summed E-state index contributed by atoms with van der Waals surface area (Å²) in [6.45, 7) is 7.74. The standard InChI is InChI=1S/C20H35N5O2/c1-5-26-16-13-15(20(16)10-7-6-8-11-20)23-19(21-4)22-12-9-17-24-18(14(2)3)25-27-17/h14-16H,5-13H2,1-4H3,(H2,21,22,23). The van der Waals surface area contributed by atoms with Crippen LogP contribution in [0.3, 0.4) is 0 Å². The van der Waals surface area contributed by atoms with E-state index >= 15 is 0 Å². The Morgan fingerprint density at radius 3 is 2.74 bits per heavy atom. The smallest absolute Gasteiger partial charge is 0.228 e. The van der Waals surface area contributed by atoms with Crippen molar-refractivity contribution in [2.45, 2.75) is 83.8 Å². The molecule has 152 valence electrons. The maximum absolute atomic E-state index is 6.05. The minimum atomic E-state index is 0.282. The first-order valence-corrected chi connectivity index (χ1v) is 10.5. The third-order valence-electron chi connectivity index (χ3n) is 6.10. The summed E-state index contributed by atoms with van der Waals surface area (Å²) in [6, 6.07) is 0.441. The number of aromatic nitrogens is 2. The summed E-state index contributed by atoms with van der Waals surface area (Å²) in [5.41, 5.74) is 0.282. The summed E-state index contributed by atoms with van der Waals surface area (Å²) in [5, 5.41) is 11.1. The van der Waals surface area contributed by atoms with Crippen molar-refractivity contribution in [3.05, 3.63) is 11.7 Å². The highest BCUT2D eigenvalue weighted by atomic mass is 16.5. The molecule has 1 aromatic rings. The number of hydrogen-bond donors (Lipinski definition) is 2. The average Bonchev–Trinajstić information content (AvgIpc) is 3.16. The Hall–Kier alpha value is -1.63. The SMILES string of the molecule is CCOC1CC(NC(=NC)NCCc2nc(C(C)C)no2)C12CCCCC2. The molecule has 1 aromatic heterocycles. The minimum absolute atomic E-state index is 0.282. The predicted molar refractivity (Wildman–Crippen MR) is 106 cm³/mol. The van der Waals surface area contributed by atoms with Crippen molar-refractivity contribution >= 4 is 5.96 Å². The fourth-order valence-corrected chi connectivity index (χ4v) is 4.52. The monoisotopic (exact) mass is 377 g/mol. The van der Waals surface area contributed by atoms with Gasteiger partial charge in [0.15, 0.2) is 11.8 Å². The van der Waals surface area contributed by atoms with E-state index in [4.69, 9.17) is 9.26 Å². The van der Waals surface area contributed by atoms with Crippen LogP contribution in [0.5, 0.6) is 0 Å². The van der Waals surface area contributed by atoms with Crippen LogP contribution in [0.25, 0.3) is 0 Å². The van der Waals surface area contributed by atoms with E-state index < -0.39 is 0 Å². The molecule has 2 fully saturated rings. The lowest BCUT2D eigenvalue weighted by Gasteiger charge is -2.57. The second kappa shape index (κ2) is 9.04. The summed E-state index contributed by atoms with van der Waals surface area (Å²) in [4.78, 5) is 8.84. The zero-order valence-corrected chi connectivity index (χ0v) is 17.3. The first-order valence-electron chi connectivity index (χ1n) is 10.5. The van der Waals surface area contributed by atoms with Gasteiger partial charge in [-0.25, -0.2) is 0 Å². The molecule has 2 atom stereocenters. The van der Waals surface area contributed by atoms with Gasteiger partial charge >= 0.3 is 0 Å². The molecule has 0 bridgehead atoms. The molecule has 1 heterocycles. The van der Waals surface area contributed by atoms with E-state index in [0.29, 0.717) is 31.0 Å². The second-order valence-electron chi connectivity index (χ2n) is 8.12. The second-order valence-corrected chi connectivity index (χ2v) is 8.12. The fraction of sp³-hybridized carbons (Fsp3) is 0.850. The van der Waals surface area contributed by atoms with Gasteiger partial charge in [-0.05, 0) is 26.2 Å². The van der Waals surface area contributed by atoms with Gasteiger partial charge in [0, 0.05) is 44.0 Å². The molecule has 3 rings (SSSR count). The van der Waals surface area contributed by atoms with Crippen molar-refractivity contribution in [2.24, 2.45) is 10.4 Å². The zero-order valence-electron chi connectivity index (χ0n) is 17.3. The maximum atomic E-state index is 6.05. The van der Waals surface area contributed by atoms with Crippen LogP contribution in [0.4, 0.5) is 0 Å². The molecule has 0 amide bonds. The first kappa shape index (κ1) is 20.1. The van der Waals surface area contributed by atoms with Gasteiger partial charge in [-0.2, -0.15) is 4.98 Å². The van der Waals surface area contributed by atoms with Gasteiger partial charge in [0.25, 0.3) is 0 Å². The Morgan fingerprint density at radius 2 is 2.11 bits per heavy atom. The first-order chi connectivity index (χ1) is 13.1. The van der Waals surface area contributed by atoms with Gasteiger partial charge < -0.3 is 19.9 Å². The van der Waals surface area contributed by atoms with Crippen LogP contribution in [0, 0.1) is 5.41 Å². The minimum Gasteiger partial charge on any atom is -0.378 e. The number of ether oxygens (including phenoxy) is 1. The van der Waals surface area contributed by atoms with Crippen LogP contribution in [0.2, 0.25) is 0 Å². The van der Waals surface area contributed by atoms with Crippen LogP contribution in [-0.4, -0.2) is 48.4 Å². The van der Waals surface area contributed by atoms with Crippen LogP contribution in [0.1, 0.15) is 76.9 Å². The zero-order chi connectivity index (χ0) is 19.3. The van der Waals surface area contributed by atoms with E-state index in [1.165, 1.54) is 32.1 Å². The molecule has 0 aromatic carbocycles. The Bertz CT molecular complexity index is 622. The third-order valence-corrected chi connectivity index (χ3v) is 6.10. The van der Waals surface area contributed by atoms with Crippen molar-refractivity contribution in [1.29, 1.82) is 0 Å². The van der Waals surface area contributed by atoms with Crippen LogP contribution >= 0.6 is 0 Å². The fourth-order valence-electron chi connectivity index (χ4n) is 4.52. The number of guanidine groups is 1. The molecule has 7 nitrogen and oxygen atoms in total. The number of rotatable bonds is 7. The van der Waals surface area contributed by atoms with E-state index in [2.05, 4.69) is 46.5 Å². The molecule has 0 saturated heterocycles. The highest BCUT2D eigenvalue weighted by Gasteiger charge is 2.55. The third kappa shape index (κ3) is 4.45. The van der Waals surface area contributed by atoms with Crippen LogP contribution < -0.4 is 10.6 Å². The molecular formula is C20H35N5O2. The van der Waals surface area contributed by atoms with Gasteiger partial charge in [0.2, 0.25) is 5.89 Å². The molecule has 2 saturated carbocycles.